The number of anilines is 1. The van der Waals surface area contributed by atoms with Gasteiger partial charge in [-0.3, -0.25) is 14.4 Å². The summed E-state index contributed by atoms with van der Waals surface area (Å²) in [5.74, 6) is -4.11. The minimum atomic E-state index is -1.30. The summed E-state index contributed by atoms with van der Waals surface area (Å²) in [4.78, 5) is 42.1. The maximum Gasteiger partial charge on any atom is 0.310 e. The number of alkyl halides is 1. The summed E-state index contributed by atoms with van der Waals surface area (Å²) in [6.07, 6.45) is 1.16. The molecule has 1 aromatic carbocycles. The van der Waals surface area contributed by atoms with Crippen molar-refractivity contribution in [1.82, 2.24) is 4.90 Å². The van der Waals surface area contributed by atoms with Crippen molar-refractivity contribution in [2.45, 2.75) is 42.0 Å². The number of nitrogens with zero attached hydrogens (tertiary/aromatic N) is 2. The molecule has 3 fully saturated rings. The lowest BCUT2D eigenvalue weighted by Gasteiger charge is -2.38. The second-order valence-corrected chi connectivity index (χ2v) is 10.1. The molecule has 3 aliphatic rings. The van der Waals surface area contributed by atoms with Gasteiger partial charge in [0.1, 0.15) is 11.6 Å². The molecule has 2 bridgehead atoms. The molecule has 0 aliphatic carbocycles. The third-order valence-corrected chi connectivity index (χ3v) is 7.80. The van der Waals surface area contributed by atoms with Crippen LogP contribution in [0, 0.1) is 11.8 Å². The maximum absolute atomic E-state index is 14.0. The number of ether oxygens (including phenoxy) is 1. The van der Waals surface area contributed by atoms with E-state index in [9.17, 15) is 24.6 Å². The average Bonchev–Trinajstić information content (AvgIpc) is 3.35. The van der Waals surface area contributed by atoms with E-state index >= 15 is 0 Å². The fourth-order valence-electron chi connectivity index (χ4n) is 5.41. The Kier molecular flexibility index (Phi) is 6.13. The topological polar surface area (TPSA) is 107 Å². The van der Waals surface area contributed by atoms with Crippen LogP contribution in [0.5, 0.6) is 0 Å². The molecular weight excluding hydrogens is 504 g/mol. The minimum Gasteiger partial charge on any atom is -0.481 e. The standard InChI is InChI=1S/C22H24BrClN2O6/c1-3-8-25(13-6-4-12(24)5-7-13)20(29)18-22-9-14(23)17(32-22)15(21(30)31)16(22)19(28)26(18)11(2)10-27/h3-7,11,14-18,27H,1,8-10H2,2H3,(H,30,31)/t11-,14?,15+,16+,17+,18?,22?/m1/s1. The zero-order valence-electron chi connectivity index (χ0n) is 17.4. The first-order valence-corrected chi connectivity index (χ1v) is 11.6. The van der Waals surface area contributed by atoms with Gasteiger partial charge in [0.15, 0.2) is 0 Å². The van der Waals surface area contributed by atoms with Crippen molar-refractivity contribution in [3.63, 3.8) is 0 Å². The van der Waals surface area contributed by atoms with Crippen molar-refractivity contribution in [3.8, 4) is 0 Å². The summed E-state index contributed by atoms with van der Waals surface area (Å²) in [5.41, 5.74) is -0.744. The van der Waals surface area contributed by atoms with E-state index in [-0.39, 0.29) is 18.0 Å². The molecule has 8 nitrogen and oxygen atoms in total. The Bertz CT molecular complexity index is 958. The summed E-state index contributed by atoms with van der Waals surface area (Å²) in [7, 11) is 0. The number of hydrogen-bond acceptors (Lipinski definition) is 5. The van der Waals surface area contributed by atoms with Gasteiger partial charge in [0, 0.05) is 22.1 Å². The summed E-state index contributed by atoms with van der Waals surface area (Å²) >= 11 is 9.51. The van der Waals surface area contributed by atoms with Crippen molar-refractivity contribution in [2.24, 2.45) is 11.8 Å². The number of aliphatic hydroxyl groups is 1. The van der Waals surface area contributed by atoms with Crippen molar-refractivity contribution in [2.75, 3.05) is 18.1 Å². The Morgan fingerprint density at radius 1 is 1.44 bits per heavy atom. The molecule has 3 heterocycles. The van der Waals surface area contributed by atoms with Crippen LogP contribution in [-0.4, -0.2) is 74.7 Å². The fourth-order valence-corrected chi connectivity index (χ4v) is 6.48. The molecule has 172 valence electrons. The Hall–Kier alpha value is -1.94. The van der Waals surface area contributed by atoms with Gasteiger partial charge in [-0.2, -0.15) is 0 Å². The molecule has 10 heteroatoms. The summed E-state index contributed by atoms with van der Waals surface area (Å²) < 4.78 is 6.22. The number of halogens is 2. The summed E-state index contributed by atoms with van der Waals surface area (Å²) in [6, 6.07) is 4.90. The minimum absolute atomic E-state index is 0.163. The monoisotopic (exact) mass is 526 g/mol. The zero-order chi connectivity index (χ0) is 23.4. The molecule has 0 radical (unpaired) electrons. The van der Waals surface area contributed by atoms with Crippen LogP contribution >= 0.6 is 27.5 Å². The largest absolute Gasteiger partial charge is 0.481 e. The normalized spacial score (nSPS) is 33.8. The SMILES string of the molecule is C=CCN(C(=O)C1N([C@H](C)CO)C(=O)[C@@H]2[C@H](C(=O)O)[C@H]3OC12CC3Br)c1ccc(Cl)cc1. The Labute approximate surface area is 198 Å². The van der Waals surface area contributed by atoms with Crippen LogP contribution in [-0.2, 0) is 19.1 Å². The first-order valence-electron chi connectivity index (χ1n) is 10.3. The first kappa shape index (κ1) is 23.2. The number of aliphatic carboxylic acids is 1. The molecular formula is C22H24BrClN2O6. The van der Waals surface area contributed by atoms with Crippen molar-refractivity contribution >= 4 is 51.0 Å². The Morgan fingerprint density at radius 2 is 2.09 bits per heavy atom. The van der Waals surface area contributed by atoms with Crippen LogP contribution in [0.25, 0.3) is 0 Å². The number of carbonyl (C=O) groups is 3. The lowest BCUT2D eigenvalue weighted by molar-refractivity contribution is -0.150. The molecule has 3 unspecified atom stereocenters. The highest BCUT2D eigenvalue weighted by Gasteiger charge is 2.77. The predicted octanol–water partition coefficient (Wildman–Crippen LogP) is 2.07. The number of carbonyl (C=O) groups excluding carboxylic acids is 2. The molecule has 0 aromatic heterocycles. The third kappa shape index (κ3) is 3.29. The van der Waals surface area contributed by atoms with Crippen LogP contribution < -0.4 is 4.90 Å². The predicted molar refractivity (Wildman–Crippen MR) is 121 cm³/mol. The van der Waals surface area contributed by atoms with Gasteiger partial charge in [-0.15, -0.1) is 6.58 Å². The van der Waals surface area contributed by atoms with E-state index in [0.29, 0.717) is 17.1 Å². The second kappa shape index (κ2) is 8.44. The number of amides is 2. The van der Waals surface area contributed by atoms with Crippen LogP contribution in [0.1, 0.15) is 13.3 Å². The quantitative estimate of drug-likeness (QED) is 0.415. The lowest BCUT2D eigenvalue weighted by Crippen LogP contribution is -2.58. The van der Waals surface area contributed by atoms with Gasteiger partial charge in [-0.25, -0.2) is 0 Å². The highest BCUT2D eigenvalue weighted by Crippen LogP contribution is 2.60. The second-order valence-electron chi connectivity index (χ2n) is 8.49. The number of carboxylic acid groups (broad SMARTS) is 1. The number of hydrogen-bond donors (Lipinski definition) is 2. The molecule has 1 aromatic rings. The highest BCUT2D eigenvalue weighted by atomic mass is 79.9. The van der Waals surface area contributed by atoms with Gasteiger partial charge in [-0.05, 0) is 37.6 Å². The zero-order valence-corrected chi connectivity index (χ0v) is 19.7. The molecule has 3 saturated heterocycles. The number of aliphatic hydroxyl groups excluding tert-OH is 1. The van der Waals surface area contributed by atoms with Crippen molar-refractivity contribution < 1.29 is 29.3 Å². The number of benzene rings is 1. The molecule has 2 amide bonds. The van der Waals surface area contributed by atoms with E-state index in [1.54, 1.807) is 37.3 Å². The number of likely N-dealkylation sites (tertiary alicyclic amines) is 1. The number of rotatable bonds is 7. The van der Waals surface area contributed by atoms with Gasteiger partial charge >= 0.3 is 5.97 Å². The molecule has 7 atom stereocenters. The van der Waals surface area contributed by atoms with Crippen LogP contribution in [0.3, 0.4) is 0 Å². The molecule has 0 saturated carbocycles. The number of carboxylic acids is 1. The van der Waals surface area contributed by atoms with E-state index in [1.807, 2.05) is 0 Å². The number of fused-ring (bicyclic) bond motifs is 1. The van der Waals surface area contributed by atoms with E-state index in [0.717, 1.165) is 0 Å². The van der Waals surface area contributed by atoms with E-state index in [2.05, 4.69) is 22.5 Å². The van der Waals surface area contributed by atoms with E-state index in [4.69, 9.17) is 16.3 Å². The van der Waals surface area contributed by atoms with Gasteiger partial charge in [0.25, 0.3) is 5.91 Å². The fraction of sp³-hybridized carbons (Fsp3) is 0.500. The molecule has 3 aliphatic heterocycles. The van der Waals surface area contributed by atoms with Gasteiger partial charge in [-0.1, -0.05) is 33.6 Å². The lowest BCUT2D eigenvalue weighted by atomic mass is 9.70. The first-order chi connectivity index (χ1) is 15.2. The summed E-state index contributed by atoms with van der Waals surface area (Å²) in [5, 5.41) is 20.2. The van der Waals surface area contributed by atoms with E-state index < -0.39 is 53.4 Å². The van der Waals surface area contributed by atoms with Crippen LogP contribution in [0.2, 0.25) is 5.02 Å². The van der Waals surface area contributed by atoms with Crippen LogP contribution in [0.4, 0.5) is 5.69 Å². The highest BCUT2D eigenvalue weighted by molar-refractivity contribution is 9.09. The van der Waals surface area contributed by atoms with Gasteiger partial charge in [0.05, 0.1) is 30.6 Å². The van der Waals surface area contributed by atoms with Gasteiger partial charge < -0.3 is 24.7 Å². The van der Waals surface area contributed by atoms with E-state index in [1.165, 1.54) is 9.80 Å². The Morgan fingerprint density at radius 3 is 2.66 bits per heavy atom. The summed E-state index contributed by atoms with van der Waals surface area (Å²) in [6.45, 7) is 5.16. The third-order valence-electron chi connectivity index (χ3n) is 6.70. The average molecular weight is 528 g/mol. The molecule has 4 rings (SSSR count). The molecule has 2 N–H and O–H groups in total. The molecule has 32 heavy (non-hydrogen) atoms. The Balaban J connectivity index is 1.83. The van der Waals surface area contributed by atoms with Gasteiger partial charge in [0.2, 0.25) is 5.91 Å². The smallest absolute Gasteiger partial charge is 0.310 e. The van der Waals surface area contributed by atoms with Crippen LogP contribution in [0.15, 0.2) is 36.9 Å². The molecule has 1 spiro atoms. The maximum atomic E-state index is 14.0. The van der Waals surface area contributed by atoms with Crippen molar-refractivity contribution in [3.05, 3.63) is 41.9 Å². The van der Waals surface area contributed by atoms with Crippen molar-refractivity contribution in [1.29, 1.82) is 0 Å².